The Labute approximate surface area is 122 Å². The maximum Gasteiger partial charge on any atom is 0.288 e. The summed E-state index contributed by atoms with van der Waals surface area (Å²) < 4.78 is 0. The first-order valence-electron chi connectivity index (χ1n) is 6.30. The smallest absolute Gasteiger partial charge is 0.288 e. The number of benzene rings is 2. The molecule has 1 N–H and O–H groups in total. The Balaban J connectivity index is 2.03. The molecule has 0 bridgehead atoms. The number of nitro groups is 1. The molecule has 0 aromatic heterocycles. The summed E-state index contributed by atoms with van der Waals surface area (Å²) >= 11 is 5.91. The average Bonchev–Trinajstić information content (AvgIpc) is 2.43. The first-order valence-corrected chi connectivity index (χ1v) is 6.68. The van der Waals surface area contributed by atoms with Crippen LogP contribution in [0.25, 0.3) is 0 Å². The summed E-state index contributed by atoms with van der Waals surface area (Å²) in [5.74, 6) is 0. The maximum absolute atomic E-state index is 10.8. The lowest BCUT2D eigenvalue weighted by molar-refractivity contribution is -0.384. The van der Waals surface area contributed by atoms with Crippen molar-refractivity contribution < 1.29 is 4.92 Å². The molecule has 2 rings (SSSR count). The molecule has 0 spiro atoms. The number of hydrogen-bond acceptors (Lipinski definition) is 3. The van der Waals surface area contributed by atoms with Crippen molar-refractivity contribution in [1.82, 2.24) is 0 Å². The zero-order valence-electron chi connectivity index (χ0n) is 11.1. The van der Waals surface area contributed by atoms with Crippen LogP contribution in [0.3, 0.4) is 0 Å². The van der Waals surface area contributed by atoms with E-state index in [0.717, 1.165) is 24.2 Å². The number of nitrogens with one attached hydrogen (secondary N) is 1. The number of hydrogen-bond donors (Lipinski definition) is 1. The molecular weight excluding hydrogens is 276 g/mol. The van der Waals surface area contributed by atoms with E-state index in [1.165, 1.54) is 11.6 Å². The van der Waals surface area contributed by atoms with Gasteiger partial charge in [-0.1, -0.05) is 41.9 Å². The number of halogens is 1. The lowest BCUT2D eigenvalue weighted by Crippen LogP contribution is -2.06. The summed E-state index contributed by atoms with van der Waals surface area (Å²) in [6, 6.07) is 13.2. The highest BCUT2D eigenvalue weighted by Crippen LogP contribution is 2.30. The van der Waals surface area contributed by atoms with E-state index in [-0.39, 0.29) is 10.7 Å². The second-order valence-corrected chi connectivity index (χ2v) is 4.95. The predicted octanol–water partition coefficient (Wildman–Crippen LogP) is 4.21. The van der Waals surface area contributed by atoms with E-state index in [1.807, 2.05) is 25.1 Å². The molecule has 0 radical (unpaired) electrons. The first kappa shape index (κ1) is 14.3. The molecule has 4 nitrogen and oxygen atoms in total. The van der Waals surface area contributed by atoms with Crippen molar-refractivity contribution in [3.63, 3.8) is 0 Å². The topological polar surface area (TPSA) is 55.2 Å². The van der Waals surface area contributed by atoms with Gasteiger partial charge < -0.3 is 5.32 Å². The van der Waals surface area contributed by atoms with E-state index < -0.39 is 4.92 Å². The van der Waals surface area contributed by atoms with E-state index in [4.69, 9.17) is 11.6 Å². The molecule has 2 aromatic carbocycles. The number of aryl methyl sites for hydroxylation is 1. The van der Waals surface area contributed by atoms with Gasteiger partial charge in [0.1, 0.15) is 5.02 Å². The van der Waals surface area contributed by atoms with Gasteiger partial charge in [0.2, 0.25) is 0 Å². The van der Waals surface area contributed by atoms with E-state index in [9.17, 15) is 10.1 Å². The van der Waals surface area contributed by atoms with Crippen LogP contribution in [-0.4, -0.2) is 11.5 Å². The highest BCUT2D eigenvalue weighted by atomic mass is 35.5. The number of nitro benzene ring substituents is 1. The van der Waals surface area contributed by atoms with Gasteiger partial charge in [0.15, 0.2) is 0 Å². The lowest BCUT2D eigenvalue weighted by atomic mass is 10.1. The van der Waals surface area contributed by atoms with Gasteiger partial charge in [0, 0.05) is 18.3 Å². The fourth-order valence-electron chi connectivity index (χ4n) is 1.98. The van der Waals surface area contributed by atoms with Crippen LogP contribution in [0.15, 0.2) is 42.5 Å². The molecule has 0 saturated carbocycles. The van der Waals surface area contributed by atoms with Gasteiger partial charge in [0.05, 0.1) is 4.92 Å². The molecule has 0 heterocycles. The van der Waals surface area contributed by atoms with Crippen molar-refractivity contribution in [2.45, 2.75) is 13.3 Å². The summed E-state index contributed by atoms with van der Waals surface area (Å²) in [6.07, 6.45) is 0.884. The van der Waals surface area contributed by atoms with Crippen molar-refractivity contribution in [3.8, 4) is 0 Å². The van der Waals surface area contributed by atoms with Crippen LogP contribution in [0.1, 0.15) is 11.1 Å². The van der Waals surface area contributed by atoms with Crippen LogP contribution < -0.4 is 5.32 Å². The SMILES string of the molecule is Cc1cc([N+](=O)[O-])c(Cl)cc1NCCc1ccccc1. The second kappa shape index (κ2) is 6.39. The minimum atomic E-state index is -0.469. The third kappa shape index (κ3) is 3.48. The second-order valence-electron chi connectivity index (χ2n) is 4.54. The summed E-state index contributed by atoms with van der Waals surface area (Å²) in [6.45, 7) is 2.58. The molecule has 0 atom stereocenters. The normalized spacial score (nSPS) is 10.3. The first-order chi connectivity index (χ1) is 9.58. The van der Waals surface area contributed by atoms with E-state index in [2.05, 4.69) is 17.4 Å². The molecule has 104 valence electrons. The van der Waals surface area contributed by atoms with Crippen LogP contribution in [-0.2, 0) is 6.42 Å². The van der Waals surface area contributed by atoms with Gasteiger partial charge in [-0.3, -0.25) is 10.1 Å². The van der Waals surface area contributed by atoms with Crippen LogP contribution in [0.4, 0.5) is 11.4 Å². The summed E-state index contributed by atoms with van der Waals surface area (Å²) in [5, 5.41) is 14.2. The van der Waals surface area contributed by atoms with Crippen LogP contribution >= 0.6 is 11.6 Å². The Morgan fingerprint density at radius 2 is 1.95 bits per heavy atom. The van der Waals surface area contributed by atoms with Crippen molar-refractivity contribution in [2.24, 2.45) is 0 Å². The number of nitrogens with zero attached hydrogens (tertiary/aromatic N) is 1. The third-order valence-corrected chi connectivity index (χ3v) is 3.37. The molecule has 0 aliphatic rings. The average molecular weight is 291 g/mol. The van der Waals surface area contributed by atoms with Crippen LogP contribution in [0.2, 0.25) is 5.02 Å². The Hall–Kier alpha value is -2.07. The molecular formula is C15H15ClN2O2. The monoisotopic (exact) mass is 290 g/mol. The number of anilines is 1. The van der Waals surface area contributed by atoms with Gasteiger partial charge >= 0.3 is 0 Å². The highest BCUT2D eigenvalue weighted by molar-refractivity contribution is 6.33. The zero-order valence-corrected chi connectivity index (χ0v) is 11.9. The predicted molar refractivity (Wildman–Crippen MR) is 81.5 cm³/mol. The van der Waals surface area contributed by atoms with E-state index in [0.29, 0.717) is 0 Å². The zero-order chi connectivity index (χ0) is 14.5. The van der Waals surface area contributed by atoms with Gasteiger partial charge in [-0.25, -0.2) is 0 Å². The lowest BCUT2D eigenvalue weighted by Gasteiger charge is -2.10. The third-order valence-electron chi connectivity index (χ3n) is 3.06. The molecule has 2 aromatic rings. The summed E-state index contributed by atoms with van der Waals surface area (Å²) in [5.41, 5.74) is 2.83. The molecule has 0 unspecified atom stereocenters. The van der Waals surface area contributed by atoms with E-state index >= 15 is 0 Å². The number of rotatable bonds is 5. The Kier molecular flexibility index (Phi) is 4.58. The van der Waals surface area contributed by atoms with Gasteiger partial charge in [-0.2, -0.15) is 0 Å². The largest absolute Gasteiger partial charge is 0.384 e. The van der Waals surface area contributed by atoms with Crippen LogP contribution in [0, 0.1) is 17.0 Å². The molecule has 0 aliphatic carbocycles. The fourth-order valence-corrected chi connectivity index (χ4v) is 2.22. The highest BCUT2D eigenvalue weighted by Gasteiger charge is 2.14. The quantitative estimate of drug-likeness (QED) is 0.663. The van der Waals surface area contributed by atoms with Crippen molar-refractivity contribution in [1.29, 1.82) is 0 Å². The molecule has 5 heteroatoms. The van der Waals surface area contributed by atoms with Crippen LogP contribution in [0.5, 0.6) is 0 Å². The van der Waals surface area contributed by atoms with Gasteiger partial charge in [0.25, 0.3) is 5.69 Å². The Morgan fingerprint density at radius 1 is 1.25 bits per heavy atom. The summed E-state index contributed by atoms with van der Waals surface area (Å²) in [7, 11) is 0. The van der Waals surface area contributed by atoms with Gasteiger partial charge in [-0.05, 0) is 30.5 Å². The summed E-state index contributed by atoms with van der Waals surface area (Å²) in [4.78, 5) is 10.3. The van der Waals surface area contributed by atoms with Crippen molar-refractivity contribution in [2.75, 3.05) is 11.9 Å². The van der Waals surface area contributed by atoms with Crippen molar-refractivity contribution >= 4 is 23.0 Å². The standard InChI is InChI=1S/C15H15ClN2O2/c1-11-9-15(18(19)20)13(16)10-14(11)17-8-7-12-5-3-2-4-6-12/h2-6,9-10,17H,7-8H2,1H3. The van der Waals surface area contributed by atoms with Crippen molar-refractivity contribution in [3.05, 3.63) is 68.7 Å². The molecule has 0 saturated heterocycles. The molecule has 20 heavy (non-hydrogen) atoms. The molecule has 0 fully saturated rings. The Morgan fingerprint density at radius 3 is 2.60 bits per heavy atom. The maximum atomic E-state index is 10.8. The molecule has 0 amide bonds. The Bertz CT molecular complexity index is 615. The molecule has 0 aliphatic heterocycles. The van der Waals surface area contributed by atoms with E-state index in [1.54, 1.807) is 6.07 Å². The fraction of sp³-hybridized carbons (Fsp3) is 0.200. The van der Waals surface area contributed by atoms with Gasteiger partial charge in [-0.15, -0.1) is 0 Å². The minimum absolute atomic E-state index is 0.0576. The minimum Gasteiger partial charge on any atom is -0.384 e.